The van der Waals surface area contributed by atoms with Gasteiger partial charge in [0.05, 0.1) is 11.6 Å². The van der Waals surface area contributed by atoms with E-state index in [-0.39, 0.29) is 23.2 Å². The molecule has 2 heterocycles. The van der Waals surface area contributed by atoms with E-state index in [2.05, 4.69) is 29.2 Å². The van der Waals surface area contributed by atoms with Crippen molar-refractivity contribution in [1.82, 2.24) is 20.0 Å². The Bertz CT molecular complexity index is 637. The lowest BCUT2D eigenvalue weighted by molar-refractivity contribution is -0.142. The zero-order valence-corrected chi connectivity index (χ0v) is 16.2. The first-order valence-corrected chi connectivity index (χ1v) is 9.20. The van der Waals surface area contributed by atoms with Crippen LogP contribution in [0.3, 0.4) is 0 Å². The summed E-state index contributed by atoms with van der Waals surface area (Å²) in [6.45, 7) is 11.4. The molecule has 0 unspecified atom stereocenters. The number of hydrogen-bond acceptors (Lipinski definition) is 3. The molecule has 1 amide bonds. The van der Waals surface area contributed by atoms with Gasteiger partial charge in [0.1, 0.15) is 0 Å². The molecule has 0 bridgehead atoms. The lowest BCUT2D eigenvalue weighted by Crippen LogP contribution is -2.41. The molecule has 148 valence electrons. The first kappa shape index (κ1) is 20.7. The molecule has 1 atom stereocenters. The van der Waals surface area contributed by atoms with Crippen LogP contribution in [0.2, 0.25) is 0 Å². The third-order valence-corrected chi connectivity index (χ3v) is 4.82. The first-order chi connectivity index (χ1) is 12.0. The van der Waals surface area contributed by atoms with Crippen LogP contribution in [-0.4, -0.2) is 46.3 Å². The number of hydrogen-bond donors (Lipinski definition) is 1. The minimum absolute atomic E-state index is 0.154. The zero-order valence-electron chi connectivity index (χ0n) is 16.2. The number of rotatable bonds is 5. The number of alkyl halides is 3. The molecule has 1 N–H and O–H groups in total. The highest BCUT2D eigenvalue weighted by atomic mass is 19.4. The van der Waals surface area contributed by atoms with Gasteiger partial charge in [0, 0.05) is 24.8 Å². The van der Waals surface area contributed by atoms with Crippen molar-refractivity contribution in [3.05, 3.63) is 17.0 Å². The van der Waals surface area contributed by atoms with Gasteiger partial charge in [0.2, 0.25) is 0 Å². The fourth-order valence-corrected chi connectivity index (χ4v) is 3.38. The molecule has 1 fully saturated rings. The van der Waals surface area contributed by atoms with Gasteiger partial charge in [-0.3, -0.25) is 14.4 Å². The van der Waals surface area contributed by atoms with E-state index in [1.54, 1.807) is 6.92 Å². The molecule has 1 aliphatic rings. The van der Waals surface area contributed by atoms with Crippen LogP contribution in [0.25, 0.3) is 0 Å². The lowest BCUT2D eigenvalue weighted by Gasteiger charge is -2.35. The van der Waals surface area contributed by atoms with Crippen LogP contribution < -0.4 is 5.32 Å². The number of halogens is 3. The van der Waals surface area contributed by atoms with Crippen molar-refractivity contribution in [2.24, 2.45) is 5.92 Å². The van der Waals surface area contributed by atoms with Crippen molar-refractivity contribution in [2.45, 2.75) is 65.7 Å². The van der Waals surface area contributed by atoms with Crippen LogP contribution >= 0.6 is 0 Å². The molecule has 1 aliphatic heterocycles. The predicted molar refractivity (Wildman–Crippen MR) is 94.1 cm³/mol. The number of carbonyl (C=O) groups excluding carboxylic acids is 1. The normalized spacial score (nSPS) is 19.4. The highest BCUT2D eigenvalue weighted by Gasteiger charge is 2.41. The molecule has 2 rings (SSSR count). The summed E-state index contributed by atoms with van der Waals surface area (Å²) < 4.78 is 41.9. The summed E-state index contributed by atoms with van der Waals surface area (Å²) in [4.78, 5) is 14.7. The molecular formula is C18H29F3N4O. The maximum absolute atomic E-state index is 13.5. The van der Waals surface area contributed by atoms with Gasteiger partial charge in [0.25, 0.3) is 5.91 Å². The highest BCUT2D eigenvalue weighted by molar-refractivity contribution is 5.96. The summed E-state index contributed by atoms with van der Waals surface area (Å²) in [5.41, 5.74) is -1.15. The Kier molecular flexibility index (Phi) is 6.37. The van der Waals surface area contributed by atoms with E-state index < -0.39 is 17.8 Å². The fourth-order valence-electron chi connectivity index (χ4n) is 3.38. The Morgan fingerprint density at radius 1 is 1.31 bits per heavy atom. The molecule has 0 aliphatic carbocycles. The van der Waals surface area contributed by atoms with Crippen LogP contribution in [0.15, 0.2) is 0 Å². The van der Waals surface area contributed by atoms with Crippen molar-refractivity contribution in [3.63, 3.8) is 0 Å². The smallest absolute Gasteiger partial charge is 0.352 e. The van der Waals surface area contributed by atoms with E-state index in [1.165, 1.54) is 4.68 Å². The molecule has 0 spiro atoms. The maximum Gasteiger partial charge on any atom is 0.435 e. The Hall–Kier alpha value is -1.57. The van der Waals surface area contributed by atoms with Crippen LogP contribution in [0.1, 0.15) is 68.3 Å². The summed E-state index contributed by atoms with van der Waals surface area (Å²) in [5.74, 6) is -0.548. The molecule has 0 saturated carbocycles. The Labute approximate surface area is 152 Å². The average molecular weight is 374 g/mol. The van der Waals surface area contributed by atoms with Crippen LogP contribution in [-0.2, 0) is 6.18 Å². The third kappa shape index (κ3) is 4.58. The fraction of sp³-hybridized carbons (Fsp3) is 0.778. The number of nitrogens with one attached hydrogen (secondary N) is 1. The number of likely N-dealkylation sites (tertiary alicyclic amines) is 1. The van der Waals surface area contributed by atoms with E-state index in [0.717, 1.165) is 19.4 Å². The standard InChI is InChI=1S/C18H29F3N4O/c1-11(2)9-22-17(26)15-13(5)25(23-16(15)18(19,20)21)14-7-6-8-24(10-14)12(3)4/h11-12,14H,6-10H2,1-5H3,(H,22,26)/t14-/m0/s1. The zero-order chi connectivity index (χ0) is 19.6. The van der Waals surface area contributed by atoms with Gasteiger partial charge in [-0.25, -0.2) is 0 Å². The number of piperidine rings is 1. The van der Waals surface area contributed by atoms with Crippen molar-refractivity contribution >= 4 is 5.91 Å². The second-order valence-electron chi connectivity index (χ2n) is 7.74. The van der Waals surface area contributed by atoms with Crippen LogP contribution in [0.4, 0.5) is 13.2 Å². The molecule has 8 heteroatoms. The number of nitrogens with zero attached hydrogens (tertiary/aromatic N) is 3. The second-order valence-corrected chi connectivity index (χ2v) is 7.74. The minimum atomic E-state index is -4.66. The minimum Gasteiger partial charge on any atom is -0.352 e. The van der Waals surface area contributed by atoms with Crippen molar-refractivity contribution in [1.29, 1.82) is 0 Å². The largest absolute Gasteiger partial charge is 0.435 e. The van der Waals surface area contributed by atoms with E-state index in [0.29, 0.717) is 19.1 Å². The van der Waals surface area contributed by atoms with Gasteiger partial charge in [-0.1, -0.05) is 13.8 Å². The van der Waals surface area contributed by atoms with Gasteiger partial charge in [-0.2, -0.15) is 18.3 Å². The second kappa shape index (κ2) is 7.98. The van der Waals surface area contributed by atoms with Gasteiger partial charge in [0.15, 0.2) is 5.69 Å². The average Bonchev–Trinajstić information content (AvgIpc) is 2.90. The summed E-state index contributed by atoms with van der Waals surface area (Å²) in [6, 6.07) is 0.170. The number of amides is 1. The predicted octanol–water partition coefficient (Wildman–Crippen LogP) is 3.64. The van der Waals surface area contributed by atoms with Gasteiger partial charge >= 0.3 is 6.18 Å². The Balaban J connectivity index is 2.38. The van der Waals surface area contributed by atoms with Crippen LogP contribution in [0, 0.1) is 12.8 Å². The summed E-state index contributed by atoms with van der Waals surface area (Å²) in [5, 5.41) is 6.44. The molecule has 5 nitrogen and oxygen atoms in total. The highest BCUT2D eigenvalue weighted by Crippen LogP contribution is 2.35. The van der Waals surface area contributed by atoms with Crippen molar-refractivity contribution in [3.8, 4) is 0 Å². The van der Waals surface area contributed by atoms with Gasteiger partial charge in [-0.05, 0) is 46.1 Å². The molecule has 0 radical (unpaired) electrons. The first-order valence-electron chi connectivity index (χ1n) is 9.20. The van der Waals surface area contributed by atoms with E-state index >= 15 is 0 Å². The molecule has 1 aromatic heterocycles. The quantitative estimate of drug-likeness (QED) is 0.856. The number of aromatic nitrogens is 2. The lowest BCUT2D eigenvalue weighted by atomic mass is 10.0. The van der Waals surface area contributed by atoms with Crippen LogP contribution in [0.5, 0.6) is 0 Å². The third-order valence-electron chi connectivity index (χ3n) is 4.82. The van der Waals surface area contributed by atoms with Crippen molar-refractivity contribution < 1.29 is 18.0 Å². The molecule has 0 aromatic carbocycles. The number of carbonyl (C=O) groups is 1. The summed E-state index contributed by atoms with van der Waals surface area (Å²) >= 11 is 0. The van der Waals surface area contributed by atoms with Gasteiger partial charge in [-0.15, -0.1) is 0 Å². The van der Waals surface area contributed by atoms with Gasteiger partial charge < -0.3 is 5.32 Å². The maximum atomic E-state index is 13.5. The molecule has 1 aromatic rings. The summed E-state index contributed by atoms with van der Waals surface area (Å²) in [7, 11) is 0. The molecule has 1 saturated heterocycles. The Morgan fingerprint density at radius 2 is 1.96 bits per heavy atom. The van der Waals surface area contributed by atoms with E-state index in [9.17, 15) is 18.0 Å². The SMILES string of the molecule is Cc1c(C(=O)NCC(C)C)c(C(F)(F)F)nn1[C@H]1CCCN(C(C)C)C1. The van der Waals surface area contributed by atoms with E-state index in [1.807, 2.05) is 13.8 Å². The Morgan fingerprint density at radius 3 is 2.50 bits per heavy atom. The van der Waals surface area contributed by atoms with E-state index in [4.69, 9.17) is 0 Å². The molecule has 26 heavy (non-hydrogen) atoms. The van der Waals surface area contributed by atoms with Crippen molar-refractivity contribution in [2.75, 3.05) is 19.6 Å². The topological polar surface area (TPSA) is 50.2 Å². The molecular weight excluding hydrogens is 345 g/mol. The summed E-state index contributed by atoms with van der Waals surface area (Å²) in [6.07, 6.45) is -3.00. The monoisotopic (exact) mass is 374 g/mol.